The zero-order valence-electron chi connectivity index (χ0n) is 11.1. The van der Waals surface area contributed by atoms with Crippen LogP contribution in [0.1, 0.15) is 42.2 Å². The molecule has 1 atom stereocenters. The smallest absolute Gasteiger partial charge is 0.189 e. The molecule has 3 nitrogen and oxygen atoms in total. The van der Waals surface area contributed by atoms with Crippen molar-refractivity contribution in [2.45, 2.75) is 32.7 Å². The molecule has 100 valence electrons. The van der Waals surface area contributed by atoms with E-state index < -0.39 is 0 Å². The summed E-state index contributed by atoms with van der Waals surface area (Å²) < 4.78 is 1.70. The molecule has 2 rings (SSSR count). The maximum Gasteiger partial charge on any atom is 0.189 e. The Morgan fingerprint density at radius 1 is 1.37 bits per heavy atom. The van der Waals surface area contributed by atoms with Gasteiger partial charge in [0.15, 0.2) is 5.78 Å². The molecule has 1 aromatic heterocycles. The van der Waals surface area contributed by atoms with Crippen LogP contribution in [0.3, 0.4) is 0 Å². The number of rotatable bonds is 5. The summed E-state index contributed by atoms with van der Waals surface area (Å²) in [5, 5.41) is 4.60. The molecule has 0 saturated carbocycles. The lowest BCUT2D eigenvalue weighted by Crippen LogP contribution is -2.16. The molecule has 0 spiro atoms. The fourth-order valence-electron chi connectivity index (χ4n) is 2.09. The summed E-state index contributed by atoms with van der Waals surface area (Å²) in [6.07, 6.45) is 2.46. The summed E-state index contributed by atoms with van der Waals surface area (Å²) in [6, 6.07) is 9.72. The predicted octanol–water partition coefficient (Wildman–Crippen LogP) is 3.93. The van der Waals surface area contributed by atoms with Gasteiger partial charge < -0.3 is 0 Å². The Morgan fingerprint density at radius 2 is 2.05 bits per heavy atom. The van der Waals surface area contributed by atoms with Gasteiger partial charge in [-0.3, -0.25) is 9.48 Å². The highest BCUT2D eigenvalue weighted by molar-refractivity contribution is 6.33. The number of aromatic nitrogens is 2. The molecular weight excluding hydrogens is 260 g/mol. The molecule has 0 saturated heterocycles. The van der Waals surface area contributed by atoms with Crippen LogP contribution >= 0.6 is 11.6 Å². The summed E-state index contributed by atoms with van der Waals surface area (Å²) >= 11 is 6.10. The first-order valence-corrected chi connectivity index (χ1v) is 6.83. The number of Topliss-reactive ketones (excluding diaryl/α,β-unsaturated/α-hetero) is 1. The van der Waals surface area contributed by atoms with Gasteiger partial charge in [-0.25, -0.2) is 0 Å². The normalized spacial score (nSPS) is 12.4. The van der Waals surface area contributed by atoms with Crippen LogP contribution in [0.2, 0.25) is 5.02 Å². The molecule has 1 aromatic carbocycles. The quantitative estimate of drug-likeness (QED) is 0.776. The van der Waals surface area contributed by atoms with E-state index in [9.17, 15) is 4.79 Å². The molecule has 4 heteroatoms. The number of carbonyl (C=O) groups excluding carboxylic acids is 1. The van der Waals surface area contributed by atoms with Gasteiger partial charge in [0.2, 0.25) is 0 Å². The van der Waals surface area contributed by atoms with Crippen molar-refractivity contribution in [3.05, 3.63) is 52.8 Å². The second kappa shape index (κ2) is 6.02. The lowest BCUT2D eigenvalue weighted by atomic mass is 9.95. The Hall–Kier alpha value is -1.61. The van der Waals surface area contributed by atoms with Crippen molar-refractivity contribution in [3.8, 4) is 0 Å². The number of ketones is 1. The van der Waals surface area contributed by atoms with Crippen molar-refractivity contribution in [1.82, 2.24) is 9.78 Å². The van der Waals surface area contributed by atoms with E-state index in [0.29, 0.717) is 17.3 Å². The second-order valence-electron chi connectivity index (χ2n) is 4.56. The van der Waals surface area contributed by atoms with Gasteiger partial charge in [-0.1, -0.05) is 55.8 Å². The van der Waals surface area contributed by atoms with Gasteiger partial charge in [-0.15, -0.1) is 0 Å². The maximum atomic E-state index is 12.6. The SMILES string of the molecule is CCCn1ncc(Cl)c1C(=O)C(C)c1ccccc1. The summed E-state index contributed by atoms with van der Waals surface area (Å²) in [5.74, 6) is -0.201. The van der Waals surface area contributed by atoms with Crippen molar-refractivity contribution in [2.24, 2.45) is 0 Å². The van der Waals surface area contributed by atoms with Crippen molar-refractivity contribution < 1.29 is 4.79 Å². The highest BCUT2D eigenvalue weighted by Crippen LogP contribution is 2.25. The van der Waals surface area contributed by atoms with E-state index in [1.807, 2.05) is 44.2 Å². The summed E-state index contributed by atoms with van der Waals surface area (Å²) in [7, 11) is 0. The molecule has 0 amide bonds. The maximum absolute atomic E-state index is 12.6. The Bertz CT molecular complexity index is 563. The van der Waals surface area contributed by atoms with Gasteiger partial charge in [0.05, 0.1) is 11.2 Å². The topological polar surface area (TPSA) is 34.9 Å². The standard InChI is InChI=1S/C15H17ClN2O/c1-3-9-18-14(13(16)10-17-18)15(19)11(2)12-7-5-4-6-8-12/h4-8,10-11H,3,9H2,1-2H3. The zero-order valence-corrected chi connectivity index (χ0v) is 11.9. The third kappa shape index (κ3) is 2.87. The van der Waals surface area contributed by atoms with Crippen molar-refractivity contribution in [1.29, 1.82) is 0 Å². The number of hydrogen-bond donors (Lipinski definition) is 0. The molecule has 0 fully saturated rings. The van der Waals surface area contributed by atoms with Gasteiger partial charge in [-0.2, -0.15) is 5.10 Å². The van der Waals surface area contributed by atoms with Crippen LogP contribution in [0.4, 0.5) is 0 Å². The lowest BCUT2D eigenvalue weighted by molar-refractivity contribution is 0.0955. The first-order chi connectivity index (χ1) is 9.15. The highest BCUT2D eigenvalue weighted by Gasteiger charge is 2.23. The Morgan fingerprint density at radius 3 is 2.68 bits per heavy atom. The molecule has 1 heterocycles. The number of halogens is 1. The minimum atomic E-state index is -0.217. The van der Waals surface area contributed by atoms with Crippen LogP contribution in [0.15, 0.2) is 36.5 Å². The van der Waals surface area contributed by atoms with Crippen molar-refractivity contribution in [2.75, 3.05) is 0 Å². The van der Waals surface area contributed by atoms with Crippen LogP contribution in [-0.4, -0.2) is 15.6 Å². The number of carbonyl (C=O) groups is 1. The fourth-order valence-corrected chi connectivity index (χ4v) is 2.32. The molecule has 0 radical (unpaired) electrons. The van der Waals surface area contributed by atoms with E-state index in [1.54, 1.807) is 10.9 Å². The van der Waals surface area contributed by atoms with Gasteiger partial charge in [-0.05, 0) is 12.0 Å². The first kappa shape index (κ1) is 13.8. The second-order valence-corrected chi connectivity index (χ2v) is 4.97. The largest absolute Gasteiger partial charge is 0.292 e. The summed E-state index contributed by atoms with van der Waals surface area (Å²) in [4.78, 5) is 12.6. The summed E-state index contributed by atoms with van der Waals surface area (Å²) in [5.41, 5.74) is 1.51. The molecule has 0 aliphatic rings. The molecule has 2 aromatic rings. The molecular formula is C15H17ClN2O. The molecule has 0 aliphatic carbocycles. The van der Waals surface area contributed by atoms with Gasteiger partial charge in [0, 0.05) is 12.5 Å². The van der Waals surface area contributed by atoms with Gasteiger partial charge in [0.1, 0.15) is 5.69 Å². The van der Waals surface area contributed by atoms with Crippen molar-refractivity contribution in [3.63, 3.8) is 0 Å². The van der Waals surface area contributed by atoms with Crippen LogP contribution in [0.5, 0.6) is 0 Å². The van der Waals surface area contributed by atoms with Crippen LogP contribution in [-0.2, 0) is 6.54 Å². The van der Waals surface area contributed by atoms with E-state index in [1.165, 1.54) is 0 Å². The Labute approximate surface area is 118 Å². The predicted molar refractivity (Wildman–Crippen MR) is 76.7 cm³/mol. The van der Waals surface area contributed by atoms with Crippen LogP contribution < -0.4 is 0 Å². The average Bonchev–Trinajstić information content (AvgIpc) is 2.80. The van der Waals surface area contributed by atoms with E-state index >= 15 is 0 Å². The minimum Gasteiger partial charge on any atom is -0.292 e. The Balaban J connectivity index is 2.32. The van der Waals surface area contributed by atoms with Crippen molar-refractivity contribution >= 4 is 17.4 Å². The highest BCUT2D eigenvalue weighted by atomic mass is 35.5. The number of hydrogen-bond acceptors (Lipinski definition) is 2. The Kier molecular flexibility index (Phi) is 4.38. The number of aryl methyl sites for hydroxylation is 1. The fraction of sp³-hybridized carbons (Fsp3) is 0.333. The van der Waals surface area contributed by atoms with Crippen LogP contribution in [0, 0.1) is 0 Å². The number of nitrogens with zero attached hydrogens (tertiary/aromatic N) is 2. The van der Waals surface area contributed by atoms with E-state index in [4.69, 9.17) is 11.6 Å². The third-order valence-electron chi connectivity index (χ3n) is 3.16. The number of benzene rings is 1. The lowest BCUT2D eigenvalue weighted by Gasteiger charge is -2.12. The van der Waals surface area contributed by atoms with Gasteiger partial charge >= 0.3 is 0 Å². The average molecular weight is 277 g/mol. The van der Waals surface area contributed by atoms with Gasteiger partial charge in [0.25, 0.3) is 0 Å². The third-order valence-corrected chi connectivity index (χ3v) is 3.43. The van der Waals surface area contributed by atoms with Crippen LogP contribution in [0.25, 0.3) is 0 Å². The molecule has 0 N–H and O–H groups in total. The minimum absolute atomic E-state index is 0.0159. The monoisotopic (exact) mass is 276 g/mol. The summed E-state index contributed by atoms with van der Waals surface area (Å²) in [6.45, 7) is 4.65. The first-order valence-electron chi connectivity index (χ1n) is 6.45. The molecule has 0 aliphatic heterocycles. The van der Waals surface area contributed by atoms with E-state index in [-0.39, 0.29) is 11.7 Å². The van der Waals surface area contributed by atoms with E-state index in [0.717, 1.165) is 12.0 Å². The van der Waals surface area contributed by atoms with E-state index in [2.05, 4.69) is 5.10 Å². The molecule has 0 bridgehead atoms. The zero-order chi connectivity index (χ0) is 13.8. The molecule has 19 heavy (non-hydrogen) atoms. The molecule has 1 unspecified atom stereocenters.